The first kappa shape index (κ1) is 12.0. The maximum Gasteiger partial charge on any atom is 0.256 e. The summed E-state index contributed by atoms with van der Waals surface area (Å²) in [5.41, 5.74) is 2.32. The van der Waals surface area contributed by atoms with E-state index in [4.69, 9.17) is 11.6 Å². The van der Waals surface area contributed by atoms with Crippen molar-refractivity contribution < 1.29 is 4.79 Å². The maximum absolute atomic E-state index is 11.9. The normalized spacial score (nSPS) is 15.9. The van der Waals surface area contributed by atoms with Gasteiger partial charge in [0.15, 0.2) is 0 Å². The van der Waals surface area contributed by atoms with Crippen LogP contribution in [0.5, 0.6) is 0 Å². The summed E-state index contributed by atoms with van der Waals surface area (Å²) in [6, 6.07) is 7.38. The lowest BCUT2D eigenvalue weighted by molar-refractivity contribution is -0.110. The maximum atomic E-state index is 11.9. The molecule has 0 saturated heterocycles. The number of hydrogen-bond acceptors (Lipinski definition) is 2. The van der Waals surface area contributed by atoms with Gasteiger partial charge in [-0.05, 0) is 46.3 Å². The van der Waals surface area contributed by atoms with Crippen molar-refractivity contribution in [3.8, 4) is 0 Å². The number of nitrogens with one attached hydrogen (secondary N) is 1. The van der Waals surface area contributed by atoms with E-state index in [-0.39, 0.29) is 5.91 Å². The first-order valence-electron chi connectivity index (χ1n) is 5.20. The van der Waals surface area contributed by atoms with Crippen LogP contribution in [0.1, 0.15) is 10.4 Å². The summed E-state index contributed by atoms with van der Waals surface area (Å²) >= 11 is 11.0. The molecule has 1 amide bonds. The smallest absolute Gasteiger partial charge is 0.256 e. The predicted octanol–water partition coefficient (Wildman–Crippen LogP) is 4.66. The molecule has 3 rings (SSSR count). The van der Waals surface area contributed by atoms with E-state index in [1.807, 2.05) is 29.7 Å². The van der Waals surface area contributed by atoms with Crippen LogP contribution in [-0.2, 0) is 4.79 Å². The minimum absolute atomic E-state index is 0.0863. The van der Waals surface area contributed by atoms with Gasteiger partial charge < -0.3 is 5.32 Å². The molecule has 1 aromatic carbocycles. The van der Waals surface area contributed by atoms with Gasteiger partial charge in [-0.15, -0.1) is 11.3 Å². The fourth-order valence-electron chi connectivity index (χ4n) is 1.85. The van der Waals surface area contributed by atoms with Gasteiger partial charge in [0.1, 0.15) is 0 Å². The summed E-state index contributed by atoms with van der Waals surface area (Å²) in [6.45, 7) is 0. The fourth-order valence-corrected chi connectivity index (χ4v) is 3.40. The molecule has 1 aliphatic rings. The van der Waals surface area contributed by atoms with Gasteiger partial charge >= 0.3 is 0 Å². The van der Waals surface area contributed by atoms with E-state index >= 15 is 0 Å². The molecule has 90 valence electrons. The Morgan fingerprint density at radius 3 is 2.89 bits per heavy atom. The Labute approximate surface area is 121 Å². The molecule has 18 heavy (non-hydrogen) atoms. The molecule has 2 aromatic rings. The quantitative estimate of drug-likeness (QED) is 0.752. The van der Waals surface area contributed by atoms with E-state index in [0.717, 1.165) is 20.6 Å². The molecule has 5 heteroatoms. The molecule has 0 saturated carbocycles. The number of benzene rings is 1. The number of halogens is 2. The van der Waals surface area contributed by atoms with Gasteiger partial charge in [-0.1, -0.05) is 11.6 Å². The zero-order chi connectivity index (χ0) is 12.7. The van der Waals surface area contributed by atoms with E-state index in [1.165, 1.54) is 0 Å². The molecule has 0 fully saturated rings. The highest BCUT2D eigenvalue weighted by Gasteiger charge is 2.24. The van der Waals surface area contributed by atoms with E-state index in [9.17, 15) is 4.79 Å². The average molecular weight is 341 g/mol. The van der Waals surface area contributed by atoms with Crippen molar-refractivity contribution in [2.45, 2.75) is 0 Å². The number of carbonyl (C=O) groups excluding carboxylic acids is 1. The lowest BCUT2D eigenvalue weighted by atomic mass is 10.1. The van der Waals surface area contributed by atoms with Gasteiger partial charge in [-0.25, -0.2) is 0 Å². The molecular formula is C13H7BrClNOS. The third-order valence-electron chi connectivity index (χ3n) is 2.64. The lowest BCUT2D eigenvalue weighted by Crippen LogP contribution is -2.03. The molecule has 1 aromatic heterocycles. The summed E-state index contributed by atoms with van der Waals surface area (Å²) in [5.74, 6) is -0.0863. The number of thiophene rings is 1. The topological polar surface area (TPSA) is 29.1 Å². The zero-order valence-electron chi connectivity index (χ0n) is 9.04. The van der Waals surface area contributed by atoms with Gasteiger partial charge in [-0.2, -0.15) is 0 Å². The van der Waals surface area contributed by atoms with Crippen LogP contribution >= 0.6 is 38.9 Å². The van der Waals surface area contributed by atoms with Crippen LogP contribution in [0.3, 0.4) is 0 Å². The van der Waals surface area contributed by atoms with Crippen LogP contribution in [-0.4, -0.2) is 5.91 Å². The van der Waals surface area contributed by atoms with E-state index < -0.39 is 0 Å². The average Bonchev–Trinajstić information content (AvgIpc) is 2.86. The molecule has 1 N–H and O–H groups in total. The molecule has 0 atom stereocenters. The molecule has 2 heterocycles. The van der Waals surface area contributed by atoms with E-state index in [1.54, 1.807) is 17.4 Å². The molecule has 0 spiro atoms. The summed E-state index contributed by atoms with van der Waals surface area (Å²) in [5, 5.41) is 5.44. The highest BCUT2D eigenvalue weighted by Crippen LogP contribution is 2.35. The minimum atomic E-state index is -0.0863. The highest BCUT2D eigenvalue weighted by atomic mass is 79.9. The van der Waals surface area contributed by atoms with E-state index in [0.29, 0.717) is 10.6 Å². The number of carbonyl (C=O) groups is 1. The summed E-state index contributed by atoms with van der Waals surface area (Å²) in [6.07, 6.45) is 1.88. The zero-order valence-corrected chi connectivity index (χ0v) is 12.2. The van der Waals surface area contributed by atoms with Crippen molar-refractivity contribution in [3.63, 3.8) is 0 Å². The van der Waals surface area contributed by atoms with Gasteiger partial charge in [0.2, 0.25) is 0 Å². The van der Waals surface area contributed by atoms with Gasteiger partial charge in [0.05, 0.1) is 5.57 Å². The molecule has 0 aliphatic carbocycles. The number of anilines is 1. The van der Waals surface area contributed by atoms with Crippen LogP contribution in [0.4, 0.5) is 5.69 Å². The monoisotopic (exact) mass is 339 g/mol. The Morgan fingerprint density at radius 2 is 2.17 bits per heavy atom. The van der Waals surface area contributed by atoms with Gasteiger partial charge in [-0.3, -0.25) is 4.79 Å². The second kappa shape index (κ2) is 4.53. The number of amides is 1. The Bertz CT molecular complexity index is 677. The van der Waals surface area contributed by atoms with Gasteiger partial charge in [0, 0.05) is 31.0 Å². The highest BCUT2D eigenvalue weighted by molar-refractivity contribution is 9.10. The molecule has 2 nitrogen and oxygen atoms in total. The number of rotatable bonds is 1. The minimum Gasteiger partial charge on any atom is -0.321 e. The molecule has 0 unspecified atom stereocenters. The van der Waals surface area contributed by atoms with Crippen LogP contribution in [0.25, 0.3) is 11.6 Å². The molecule has 0 bridgehead atoms. The molecular weight excluding hydrogens is 334 g/mol. The Kier molecular flexibility index (Phi) is 3.01. The Balaban J connectivity index is 2.11. The summed E-state index contributed by atoms with van der Waals surface area (Å²) < 4.78 is 1.02. The molecule has 0 radical (unpaired) electrons. The van der Waals surface area contributed by atoms with Crippen molar-refractivity contribution >= 4 is 62.1 Å². The second-order valence-electron chi connectivity index (χ2n) is 3.87. The SMILES string of the molecule is O=C1Nc2ccc(Cl)cc2/C1=C/c1cc(Br)cs1. The predicted molar refractivity (Wildman–Crippen MR) is 80.0 cm³/mol. The van der Waals surface area contributed by atoms with Crippen molar-refractivity contribution in [1.82, 2.24) is 0 Å². The van der Waals surface area contributed by atoms with Crippen molar-refractivity contribution in [1.29, 1.82) is 0 Å². The first-order chi connectivity index (χ1) is 8.63. The third kappa shape index (κ3) is 2.11. The van der Waals surface area contributed by atoms with Crippen LogP contribution in [0.2, 0.25) is 5.02 Å². The third-order valence-corrected chi connectivity index (χ3v) is 4.51. The van der Waals surface area contributed by atoms with Crippen molar-refractivity contribution in [3.05, 3.63) is 49.6 Å². The fraction of sp³-hybridized carbons (Fsp3) is 0. The summed E-state index contributed by atoms with van der Waals surface area (Å²) in [4.78, 5) is 13.0. The Morgan fingerprint density at radius 1 is 1.33 bits per heavy atom. The lowest BCUT2D eigenvalue weighted by Gasteiger charge is -1.98. The largest absolute Gasteiger partial charge is 0.321 e. The number of fused-ring (bicyclic) bond motifs is 1. The Hall–Kier alpha value is -1.10. The molecule has 1 aliphatic heterocycles. The second-order valence-corrected chi connectivity index (χ2v) is 6.16. The first-order valence-corrected chi connectivity index (χ1v) is 7.25. The van der Waals surface area contributed by atoms with Crippen LogP contribution in [0, 0.1) is 0 Å². The van der Waals surface area contributed by atoms with Crippen molar-refractivity contribution in [2.75, 3.05) is 5.32 Å². The number of hydrogen-bond donors (Lipinski definition) is 1. The summed E-state index contributed by atoms with van der Waals surface area (Å²) in [7, 11) is 0. The van der Waals surface area contributed by atoms with Gasteiger partial charge in [0.25, 0.3) is 5.91 Å². The van der Waals surface area contributed by atoms with Crippen LogP contribution in [0.15, 0.2) is 34.1 Å². The van der Waals surface area contributed by atoms with E-state index in [2.05, 4.69) is 21.2 Å². The standard InChI is InChI=1S/C13H7BrClNOS/c14-7-3-9(18-6-7)5-11-10-4-8(15)1-2-12(10)16-13(11)17/h1-6H,(H,16,17)/b11-5-. The van der Waals surface area contributed by atoms with Crippen LogP contribution < -0.4 is 5.32 Å². The van der Waals surface area contributed by atoms with Crippen molar-refractivity contribution in [2.24, 2.45) is 0 Å².